The molecule has 2 heterocycles. The van der Waals surface area contributed by atoms with Crippen molar-refractivity contribution in [1.82, 2.24) is 0 Å². The highest BCUT2D eigenvalue weighted by Crippen LogP contribution is 2.36. The zero-order chi connectivity index (χ0) is 16.9. The van der Waals surface area contributed by atoms with Crippen molar-refractivity contribution in [2.45, 2.75) is 10.2 Å². The Morgan fingerprint density at radius 1 is 0.520 bits per heavy atom. The van der Waals surface area contributed by atoms with Crippen molar-refractivity contribution >= 4 is 11.8 Å². The second-order valence-electron chi connectivity index (χ2n) is 5.08. The lowest BCUT2D eigenvalue weighted by molar-refractivity contribution is 0.307. The summed E-state index contributed by atoms with van der Waals surface area (Å²) in [6.45, 7) is 0. The molecule has 4 rings (SSSR count). The molecule has 4 nitrogen and oxygen atoms in total. The molecule has 124 valence electrons. The summed E-state index contributed by atoms with van der Waals surface area (Å²) in [4.78, 5) is 0. The number of rotatable bonds is 6. The van der Waals surface area contributed by atoms with Crippen molar-refractivity contribution in [2.24, 2.45) is 0 Å². The highest BCUT2D eigenvalue weighted by Gasteiger charge is 2.10. The zero-order valence-electron chi connectivity index (χ0n) is 13.1. The van der Waals surface area contributed by atoms with Crippen molar-refractivity contribution in [2.75, 3.05) is 0 Å². The first kappa shape index (κ1) is 15.5. The molecule has 0 saturated carbocycles. The van der Waals surface area contributed by atoms with E-state index in [1.807, 2.05) is 72.8 Å². The van der Waals surface area contributed by atoms with Gasteiger partial charge in [0.15, 0.2) is 10.2 Å². The van der Waals surface area contributed by atoms with Gasteiger partial charge >= 0.3 is 0 Å². The van der Waals surface area contributed by atoms with Crippen LogP contribution in [0, 0.1) is 0 Å². The monoisotopic (exact) mass is 350 g/mol. The van der Waals surface area contributed by atoms with Crippen LogP contribution >= 0.6 is 11.8 Å². The number of hydrogen-bond acceptors (Lipinski definition) is 5. The van der Waals surface area contributed by atoms with Gasteiger partial charge in [-0.25, -0.2) is 0 Å². The minimum atomic E-state index is 0.431. The molecule has 0 aliphatic rings. The minimum absolute atomic E-state index is 0.431. The summed E-state index contributed by atoms with van der Waals surface area (Å²) in [5, 5.41) is 1.35. The Morgan fingerprint density at radius 2 is 0.960 bits per heavy atom. The Hall–Kier alpha value is -3.05. The molecule has 0 aliphatic carbocycles. The molecular formula is C20H14O4S. The van der Waals surface area contributed by atoms with Crippen LogP contribution < -0.4 is 9.47 Å². The normalized spacial score (nSPS) is 10.6. The van der Waals surface area contributed by atoms with Gasteiger partial charge in [0.25, 0.3) is 11.9 Å². The van der Waals surface area contributed by atoms with Gasteiger partial charge in [0, 0.05) is 12.1 Å². The number of ether oxygens (including phenoxy) is 2. The van der Waals surface area contributed by atoms with Gasteiger partial charge in [-0.05, 0) is 48.2 Å². The van der Waals surface area contributed by atoms with Gasteiger partial charge in [-0.15, -0.1) is 0 Å². The number of furan rings is 2. The fraction of sp³-hybridized carbons (Fsp3) is 0. The molecule has 0 unspecified atom stereocenters. The Kier molecular flexibility index (Phi) is 4.48. The lowest BCUT2D eigenvalue weighted by Gasteiger charge is -2.01. The van der Waals surface area contributed by atoms with Gasteiger partial charge in [-0.2, -0.15) is 0 Å². The van der Waals surface area contributed by atoms with Crippen LogP contribution in [0.4, 0.5) is 0 Å². The number of para-hydroxylation sites is 2. The molecule has 0 bridgehead atoms. The molecule has 0 saturated heterocycles. The van der Waals surface area contributed by atoms with Crippen LogP contribution in [0.3, 0.4) is 0 Å². The second-order valence-corrected chi connectivity index (χ2v) is 6.09. The second kappa shape index (κ2) is 7.23. The molecular weight excluding hydrogens is 336 g/mol. The first-order chi connectivity index (χ1) is 12.3. The van der Waals surface area contributed by atoms with Crippen LogP contribution in [0.1, 0.15) is 0 Å². The van der Waals surface area contributed by atoms with E-state index < -0.39 is 0 Å². The Morgan fingerprint density at radius 3 is 1.40 bits per heavy atom. The van der Waals surface area contributed by atoms with Crippen LogP contribution in [0.2, 0.25) is 0 Å². The van der Waals surface area contributed by atoms with E-state index in [-0.39, 0.29) is 0 Å². The zero-order valence-corrected chi connectivity index (χ0v) is 13.9. The Bertz CT molecular complexity index is 851. The van der Waals surface area contributed by atoms with Crippen molar-refractivity contribution in [3.8, 4) is 23.4 Å². The summed E-state index contributed by atoms with van der Waals surface area (Å²) in [5.41, 5.74) is 0. The lowest BCUT2D eigenvalue weighted by Crippen LogP contribution is -1.79. The molecule has 0 atom stereocenters. The van der Waals surface area contributed by atoms with Gasteiger partial charge in [0.05, 0.1) is 0 Å². The maximum absolute atomic E-state index is 5.66. The van der Waals surface area contributed by atoms with Crippen LogP contribution in [-0.4, -0.2) is 0 Å². The van der Waals surface area contributed by atoms with Gasteiger partial charge < -0.3 is 18.3 Å². The standard InChI is InChI=1S/C20H14O4S/c1-3-7-15(8-4-1)21-17-11-13-19(23-17)25-20-14-12-18(24-20)22-16-9-5-2-6-10-16/h1-14H. The van der Waals surface area contributed by atoms with E-state index in [9.17, 15) is 0 Å². The third-order valence-electron chi connectivity index (χ3n) is 3.24. The molecule has 0 spiro atoms. The van der Waals surface area contributed by atoms with Gasteiger partial charge in [-0.1, -0.05) is 36.4 Å². The topological polar surface area (TPSA) is 44.7 Å². The smallest absolute Gasteiger partial charge is 0.290 e. The maximum atomic E-state index is 5.66. The van der Waals surface area contributed by atoms with E-state index in [0.717, 1.165) is 11.5 Å². The summed E-state index contributed by atoms with van der Waals surface area (Å²) >= 11 is 1.36. The Balaban J connectivity index is 1.39. The molecule has 0 amide bonds. The van der Waals surface area contributed by atoms with E-state index in [0.29, 0.717) is 22.1 Å². The quantitative estimate of drug-likeness (QED) is 0.391. The van der Waals surface area contributed by atoms with Crippen molar-refractivity contribution in [1.29, 1.82) is 0 Å². The van der Waals surface area contributed by atoms with Crippen LogP contribution in [0.15, 0.2) is 104 Å². The van der Waals surface area contributed by atoms with E-state index in [2.05, 4.69) is 0 Å². The van der Waals surface area contributed by atoms with Gasteiger partial charge in [0.2, 0.25) is 0 Å². The van der Waals surface area contributed by atoms with E-state index in [1.54, 1.807) is 12.1 Å². The van der Waals surface area contributed by atoms with E-state index in [4.69, 9.17) is 18.3 Å². The van der Waals surface area contributed by atoms with Crippen LogP contribution in [0.25, 0.3) is 0 Å². The predicted molar refractivity (Wildman–Crippen MR) is 94.6 cm³/mol. The highest BCUT2D eigenvalue weighted by atomic mass is 32.2. The highest BCUT2D eigenvalue weighted by molar-refractivity contribution is 7.99. The van der Waals surface area contributed by atoms with E-state index >= 15 is 0 Å². The minimum Gasteiger partial charge on any atom is -0.426 e. The largest absolute Gasteiger partial charge is 0.426 e. The summed E-state index contributed by atoms with van der Waals surface area (Å²) in [5.74, 6) is 2.32. The third kappa shape index (κ3) is 4.08. The molecule has 0 radical (unpaired) electrons. The SMILES string of the molecule is c1ccc(Oc2ccc(Sc3ccc(Oc4ccccc4)o3)o2)cc1. The molecule has 0 fully saturated rings. The molecule has 0 N–H and O–H groups in total. The molecule has 2 aromatic heterocycles. The Labute approximate surface area is 149 Å². The maximum Gasteiger partial charge on any atom is 0.290 e. The number of benzene rings is 2. The van der Waals surface area contributed by atoms with Gasteiger partial charge in [-0.3, -0.25) is 0 Å². The van der Waals surface area contributed by atoms with Crippen molar-refractivity contribution in [3.05, 3.63) is 84.9 Å². The van der Waals surface area contributed by atoms with Gasteiger partial charge in [0.1, 0.15) is 11.5 Å². The molecule has 2 aromatic carbocycles. The van der Waals surface area contributed by atoms with Crippen LogP contribution in [0.5, 0.6) is 23.4 Å². The van der Waals surface area contributed by atoms with Crippen molar-refractivity contribution < 1.29 is 18.3 Å². The third-order valence-corrected chi connectivity index (χ3v) is 4.08. The molecule has 4 aromatic rings. The summed E-state index contributed by atoms with van der Waals surface area (Å²) in [6.07, 6.45) is 0. The van der Waals surface area contributed by atoms with Crippen LogP contribution in [-0.2, 0) is 0 Å². The van der Waals surface area contributed by atoms with Crippen molar-refractivity contribution in [3.63, 3.8) is 0 Å². The van der Waals surface area contributed by atoms with E-state index in [1.165, 1.54) is 11.8 Å². The number of hydrogen-bond donors (Lipinski definition) is 0. The lowest BCUT2D eigenvalue weighted by atomic mass is 10.3. The summed E-state index contributed by atoms with van der Waals surface area (Å²) < 4.78 is 22.6. The molecule has 25 heavy (non-hydrogen) atoms. The fourth-order valence-electron chi connectivity index (χ4n) is 2.13. The molecule has 5 heteroatoms. The average Bonchev–Trinajstić information content (AvgIpc) is 3.27. The first-order valence-electron chi connectivity index (χ1n) is 7.68. The fourth-order valence-corrected chi connectivity index (χ4v) is 2.85. The first-order valence-corrected chi connectivity index (χ1v) is 8.50. The summed E-state index contributed by atoms with van der Waals surface area (Å²) in [6, 6.07) is 26.2. The molecule has 0 aliphatic heterocycles. The average molecular weight is 350 g/mol. The summed E-state index contributed by atoms with van der Waals surface area (Å²) in [7, 11) is 0. The predicted octanol–water partition coefficient (Wildman–Crippen LogP) is 6.61.